The van der Waals surface area contributed by atoms with E-state index in [4.69, 9.17) is 0 Å². The number of aromatic amines is 1. The van der Waals surface area contributed by atoms with Crippen LogP contribution in [0.2, 0.25) is 0 Å². The van der Waals surface area contributed by atoms with E-state index in [-0.39, 0.29) is 11.4 Å². The summed E-state index contributed by atoms with van der Waals surface area (Å²) in [5.41, 5.74) is -0.618. The number of nitrogens with one attached hydrogen (secondary N) is 2. The van der Waals surface area contributed by atoms with Crippen LogP contribution in [-0.2, 0) is 14.8 Å². The molecule has 0 aromatic carbocycles. The number of hydrogen-bond donors (Lipinski definition) is 2. The van der Waals surface area contributed by atoms with E-state index in [1.807, 2.05) is 0 Å². The van der Waals surface area contributed by atoms with Crippen LogP contribution in [0.15, 0.2) is 28.2 Å². The Hall–Kier alpha value is -1.67. The van der Waals surface area contributed by atoms with Gasteiger partial charge >= 0.3 is 0 Å². The monoisotopic (exact) mass is 259 g/mol. The molecule has 0 aliphatic carbocycles. The summed E-state index contributed by atoms with van der Waals surface area (Å²) in [6, 6.07) is 1.11. The standard InChI is InChI=1S/C9H13N3O4S/c1-10-9(14)6-12(2)17(15,16)8-5-11-4-3-7(8)13/h3-5H,6H2,1-2H3,(H,10,14)(H,11,13). The van der Waals surface area contributed by atoms with Gasteiger partial charge in [0.1, 0.15) is 4.90 Å². The SMILES string of the molecule is CNC(=O)CN(C)S(=O)(=O)c1c[nH]ccc1=O. The number of likely N-dealkylation sites (N-methyl/N-ethyl adjacent to an activating group) is 2. The first-order chi connectivity index (χ1) is 7.89. The summed E-state index contributed by atoms with van der Waals surface area (Å²) in [6.07, 6.45) is 2.43. The Labute approximate surface area is 98.5 Å². The van der Waals surface area contributed by atoms with Crippen molar-refractivity contribution in [1.82, 2.24) is 14.6 Å². The predicted molar refractivity (Wildman–Crippen MR) is 60.9 cm³/mol. The molecule has 2 N–H and O–H groups in total. The van der Waals surface area contributed by atoms with Gasteiger partial charge in [-0.05, 0) is 0 Å². The molecule has 8 heteroatoms. The van der Waals surface area contributed by atoms with Crippen molar-refractivity contribution in [3.63, 3.8) is 0 Å². The first-order valence-corrected chi connectivity index (χ1v) is 6.17. The van der Waals surface area contributed by atoms with Crippen molar-refractivity contribution >= 4 is 15.9 Å². The van der Waals surface area contributed by atoms with Crippen LogP contribution < -0.4 is 10.7 Å². The maximum Gasteiger partial charge on any atom is 0.248 e. The molecule has 1 aromatic heterocycles. The lowest BCUT2D eigenvalue weighted by Gasteiger charge is -2.15. The molecule has 1 rings (SSSR count). The lowest BCUT2D eigenvalue weighted by molar-refractivity contribution is -0.120. The van der Waals surface area contributed by atoms with E-state index in [9.17, 15) is 18.0 Å². The van der Waals surface area contributed by atoms with Gasteiger partial charge in [-0.25, -0.2) is 8.42 Å². The van der Waals surface area contributed by atoms with Crippen molar-refractivity contribution in [2.75, 3.05) is 20.6 Å². The van der Waals surface area contributed by atoms with Crippen LogP contribution in [0.4, 0.5) is 0 Å². The van der Waals surface area contributed by atoms with Crippen LogP contribution in [0.3, 0.4) is 0 Å². The number of pyridine rings is 1. The molecule has 0 bridgehead atoms. The zero-order chi connectivity index (χ0) is 13.1. The van der Waals surface area contributed by atoms with Gasteiger partial charge in [0.2, 0.25) is 21.4 Å². The molecule has 0 aliphatic rings. The lowest BCUT2D eigenvalue weighted by atomic mass is 10.5. The number of aromatic nitrogens is 1. The minimum absolute atomic E-state index is 0.340. The van der Waals surface area contributed by atoms with Gasteiger partial charge < -0.3 is 10.3 Å². The molecule has 0 saturated carbocycles. The zero-order valence-corrected chi connectivity index (χ0v) is 10.2. The van der Waals surface area contributed by atoms with Gasteiger partial charge in [0.05, 0.1) is 6.54 Å². The number of sulfonamides is 1. The Morgan fingerprint density at radius 1 is 1.53 bits per heavy atom. The number of carbonyl (C=O) groups is 1. The number of hydrogen-bond acceptors (Lipinski definition) is 4. The largest absolute Gasteiger partial charge is 0.366 e. The molecule has 1 aromatic rings. The third-order valence-electron chi connectivity index (χ3n) is 2.12. The maximum absolute atomic E-state index is 11.9. The fourth-order valence-electron chi connectivity index (χ4n) is 1.14. The normalized spacial score (nSPS) is 11.5. The van der Waals surface area contributed by atoms with Crippen molar-refractivity contribution in [3.8, 4) is 0 Å². The van der Waals surface area contributed by atoms with E-state index in [1.54, 1.807) is 0 Å². The molecule has 1 heterocycles. The Morgan fingerprint density at radius 3 is 2.71 bits per heavy atom. The van der Waals surface area contributed by atoms with Crippen molar-refractivity contribution in [2.24, 2.45) is 0 Å². The highest BCUT2D eigenvalue weighted by Gasteiger charge is 2.24. The van der Waals surface area contributed by atoms with Crippen molar-refractivity contribution in [3.05, 3.63) is 28.7 Å². The Balaban J connectivity index is 3.08. The first-order valence-electron chi connectivity index (χ1n) is 4.73. The summed E-state index contributed by atoms with van der Waals surface area (Å²) in [7, 11) is -1.31. The van der Waals surface area contributed by atoms with Crippen molar-refractivity contribution < 1.29 is 13.2 Å². The summed E-state index contributed by atoms with van der Waals surface area (Å²) >= 11 is 0. The zero-order valence-electron chi connectivity index (χ0n) is 9.43. The minimum Gasteiger partial charge on any atom is -0.366 e. The number of carbonyl (C=O) groups excluding carboxylic acids is 1. The molecule has 1 amide bonds. The molecule has 0 unspecified atom stereocenters. The van der Waals surface area contributed by atoms with Crippen LogP contribution in [-0.4, -0.2) is 44.3 Å². The van der Waals surface area contributed by atoms with Gasteiger partial charge in [-0.15, -0.1) is 0 Å². The van der Waals surface area contributed by atoms with Crippen LogP contribution in [0.25, 0.3) is 0 Å². The second-order valence-electron chi connectivity index (χ2n) is 3.31. The van der Waals surface area contributed by atoms with E-state index in [2.05, 4.69) is 10.3 Å². The highest BCUT2D eigenvalue weighted by atomic mass is 32.2. The number of amides is 1. The molecule has 0 atom stereocenters. The van der Waals surface area contributed by atoms with E-state index < -0.39 is 21.4 Å². The number of H-pyrrole nitrogens is 1. The number of rotatable bonds is 4. The average Bonchev–Trinajstić information content (AvgIpc) is 2.29. The van der Waals surface area contributed by atoms with Gasteiger partial charge in [0, 0.05) is 32.6 Å². The van der Waals surface area contributed by atoms with Gasteiger partial charge in [-0.1, -0.05) is 0 Å². The molecule has 0 aliphatic heterocycles. The quantitative estimate of drug-likeness (QED) is 0.705. The Bertz CT molecular complexity index is 564. The average molecular weight is 259 g/mol. The molecule has 0 fully saturated rings. The molecular weight excluding hydrogens is 246 g/mol. The van der Waals surface area contributed by atoms with Crippen LogP contribution >= 0.6 is 0 Å². The highest BCUT2D eigenvalue weighted by Crippen LogP contribution is 2.07. The third kappa shape index (κ3) is 2.92. The first kappa shape index (κ1) is 13.4. The second-order valence-corrected chi connectivity index (χ2v) is 5.32. The summed E-state index contributed by atoms with van der Waals surface area (Å²) in [5.74, 6) is -0.455. The second kappa shape index (κ2) is 5.11. The topological polar surface area (TPSA) is 99.3 Å². The lowest BCUT2D eigenvalue weighted by Crippen LogP contribution is -2.38. The molecule has 0 saturated heterocycles. The van der Waals surface area contributed by atoms with E-state index in [0.717, 1.165) is 16.6 Å². The van der Waals surface area contributed by atoms with E-state index in [1.165, 1.54) is 20.3 Å². The summed E-state index contributed by atoms with van der Waals surface area (Å²) in [5, 5.41) is 2.30. The van der Waals surface area contributed by atoms with Gasteiger partial charge in [0.15, 0.2) is 0 Å². The van der Waals surface area contributed by atoms with Gasteiger partial charge in [-0.3, -0.25) is 9.59 Å². The third-order valence-corrected chi connectivity index (χ3v) is 3.95. The summed E-state index contributed by atoms with van der Waals surface area (Å²) in [6.45, 7) is -0.340. The van der Waals surface area contributed by atoms with E-state index >= 15 is 0 Å². The van der Waals surface area contributed by atoms with Gasteiger partial charge in [0.25, 0.3) is 0 Å². The fourth-order valence-corrected chi connectivity index (χ4v) is 2.30. The molecular formula is C9H13N3O4S. The van der Waals surface area contributed by atoms with Crippen LogP contribution in [0, 0.1) is 0 Å². The Morgan fingerprint density at radius 2 is 2.18 bits per heavy atom. The van der Waals surface area contributed by atoms with Crippen molar-refractivity contribution in [2.45, 2.75) is 4.90 Å². The van der Waals surface area contributed by atoms with Crippen molar-refractivity contribution in [1.29, 1.82) is 0 Å². The smallest absolute Gasteiger partial charge is 0.248 e. The molecule has 0 radical (unpaired) electrons. The molecule has 7 nitrogen and oxygen atoms in total. The summed E-state index contributed by atoms with van der Waals surface area (Å²) in [4.78, 5) is 24.6. The Kier molecular flexibility index (Phi) is 4.02. The number of nitrogens with zero attached hydrogens (tertiary/aromatic N) is 1. The molecule has 17 heavy (non-hydrogen) atoms. The molecule has 0 spiro atoms. The predicted octanol–water partition coefficient (Wildman–Crippen LogP) is -1.26. The van der Waals surface area contributed by atoms with Crippen LogP contribution in [0.5, 0.6) is 0 Å². The fraction of sp³-hybridized carbons (Fsp3) is 0.333. The van der Waals surface area contributed by atoms with Gasteiger partial charge in [-0.2, -0.15) is 4.31 Å². The minimum atomic E-state index is -3.95. The molecule has 94 valence electrons. The maximum atomic E-state index is 11.9. The summed E-state index contributed by atoms with van der Waals surface area (Å²) < 4.78 is 24.7. The highest BCUT2D eigenvalue weighted by molar-refractivity contribution is 7.89. The van der Waals surface area contributed by atoms with Crippen LogP contribution in [0.1, 0.15) is 0 Å². The van der Waals surface area contributed by atoms with E-state index in [0.29, 0.717) is 0 Å².